The van der Waals surface area contributed by atoms with E-state index in [9.17, 15) is 0 Å². The fraction of sp³-hybridized carbons (Fsp3) is 0.364. The number of nitrogens with two attached hydrogens (primary N) is 1. The van der Waals surface area contributed by atoms with Gasteiger partial charge in [0, 0.05) is 12.0 Å². The van der Waals surface area contributed by atoms with E-state index in [-0.39, 0.29) is 6.04 Å². The van der Waals surface area contributed by atoms with E-state index in [0.717, 1.165) is 17.7 Å². The molecule has 3 heteroatoms. The zero-order chi connectivity index (χ0) is 9.97. The Balaban J connectivity index is 2.26. The SMILES string of the molecule is CCC(N)=NC1COc2ccccc21. The number of benzene rings is 1. The predicted molar refractivity (Wildman–Crippen MR) is 56.6 cm³/mol. The highest BCUT2D eigenvalue weighted by atomic mass is 16.5. The zero-order valence-corrected chi connectivity index (χ0v) is 8.23. The molecule has 0 amide bonds. The number of ether oxygens (including phenoxy) is 1. The van der Waals surface area contributed by atoms with E-state index in [0.29, 0.717) is 12.4 Å². The highest BCUT2D eigenvalue weighted by molar-refractivity contribution is 5.80. The first kappa shape index (κ1) is 9.06. The number of para-hydroxylation sites is 1. The molecule has 0 fully saturated rings. The lowest BCUT2D eigenvalue weighted by Gasteiger charge is -2.03. The molecule has 74 valence electrons. The largest absolute Gasteiger partial charge is 0.491 e. The van der Waals surface area contributed by atoms with E-state index in [2.05, 4.69) is 4.99 Å². The van der Waals surface area contributed by atoms with E-state index in [1.54, 1.807) is 0 Å². The lowest BCUT2D eigenvalue weighted by atomic mass is 10.1. The molecule has 0 saturated carbocycles. The van der Waals surface area contributed by atoms with Gasteiger partial charge in [0.15, 0.2) is 0 Å². The molecule has 2 rings (SSSR count). The number of hydrogen-bond donors (Lipinski definition) is 1. The molecule has 0 aromatic heterocycles. The van der Waals surface area contributed by atoms with Gasteiger partial charge in [0.1, 0.15) is 18.4 Å². The minimum atomic E-state index is 0.0890. The van der Waals surface area contributed by atoms with Gasteiger partial charge in [-0.2, -0.15) is 0 Å². The van der Waals surface area contributed by atoms with Gasteiger partial charge in [-0.05, 0) is 6.07 Å². The lowest BCUT2D eigenvalue weighted by Crippen LogP contribution is -2.12. The molecule has 0 radical (unpaired) electrons. The summed E-state index contributed by atoms with van der Waals surface area (Å²) >= 11 is 0. The van der Waals surface area contributed by atoms with Crippen LogP contribution in [0, 0.1) is 0 Å². The normalized spacial score (nSPS) is 20.4. The number of nitrogens with zero attached hydrogens (tertiary/aromatic N) is 1. The Labute approximate surface area is 83.6 Å². The zero-order valence-electron chi connectivity index (χ0n) is 8.23. The lowest BCUT2D eigenvalue weighted by molar-refractivity contribution is 0.334. The minimum Gasteiger partial charge on any atom is -0.491 e. The van der Waals surface area contributed by atoms with Gasteiger partial charge in [0.05, 0.1) is 5.84 Å². The minimum absolute atomic E-state index is 0.0890. The summed E-state index contributed by atoms with van der Waals surface area (Å²) in [6.45, 7) is 2.61. The molecule has 0 bridgehead atoms. The summed E-state index contributed by atoms with van der Waals surface area (Å²) in [7, 11) is 0. The first-order chi connectivity index (χ1) is 6.81. The van der Waals surface area contributed by atoms with Crippen LogP contribution in [0.4, 0.5) is 0 Å². The summed E-state index contributed by atoms with van der Waals surface area (Å²) in [6, 6.07) is 8.06. The molecule has 0 aliphatic carbocycles. The first-order valence-corrected chi connectivity index (χ1v) is 4.85. The fourth-order valence-corrected chi connectivity index (χ4v) is 1.54. The maximum Gasteiger partial charge on any atom is 0.124 e. The number of fused-ring (bicyclic) bond motifs is 1. The van der Waals surface area contributed by atoms with Crippen molar-refractivity contribution in [2.45, 2.75) is 19.4 Å². The Morgan fingerprint density at radius 1 is 1.57 bits per heavy atom. The maximum absolute atomic E-state index is 5.70. The van der Waals surface area contributed by atoms with Crippen molar-refractivity contribution in [3.05, 3.63) is 29.8 Å². The van der Waals surface area contributed by atoms with E-state index in [4.69, 9.17) is 10.5 Å². The summed E-state index contributed by atoms with van der Waals surface area (Å²) < 4.78 is 5.49. The van der Waals surface area contributed by atoms with Crippen molar-refractivity contribution >= 4 is 5.84 Å². The molecule has 1 aliphatic rings. The van der Waals surface area contributed by atoms with Crippen molar-refractivity contribution in [1.82, 2.24) is 0 Å². The predicted octanol–water partition coefficient (Wildman–Crippen LogP) is 1.89. The van der Waals surface area contributed by atoms with Crippen molar-refractivity contribution in [2.75, 3.05) is 6.61 Å². The Bertz CT molecular complexity index is 360. The number of hydrogen-bond acceptors (Lipinski definition) is 2. The molecule has 14 heavy (non-hydrogen) atoms. The number of amidine groups is 1. The quantitative estimate of drug-likeness (QED) is 0.571. The van der Waals surface area contributed by atoms with Gasteiger partial charge in [-0.1, -0.05) is 25.1 Å². The summed E-state index contributed by atoms with van der Waals surface area (Å²) in [4.78, 5) is 4.41. The Morgan fingerprint density at radius 3 is 3.14 bits per heavy atom. The van der Waals surface area contributed by atoms with Crippen molar-refractivity contribution in [3.63, 3.8) is 0 Å². The van der Waals surface area contributed by atoms with Crippen LogP contribution in [0.3, 0.4) is 0 Å². The highest BCUT2D eigenvalue weighted by Gasteiger charge is 2.22. The molecule has 1 aliphatic heterocycles. The molecule has 3 nitrogen and oxygen atoms in total. The first-order valence-electron chi connectivity index (χ1n) is 4.85. The van der Waals surface area contributed by atoms with Crippen molar-refractivity contribution in [3.8, 4) is 5.75 Å². The van der Waals surface area contributed by atoms with Crippen LogP contribution in [0.25, 0.3) is 0 Å². The topological polar surface area (TPSA) is 47.6 Å². The summed E-state index contributed by atoms with van der Waals surface area (Å²) in [5.41, 5.74) is 6.85. The molecule has 0 spiro atoms. The van der Waals surface area contributed by atoms with Gasteiger partial charge < -0.3 is 10.5 Å². The smallest absolute Gasteiger partial charge is 0.124 e. The summed E-state index contributed by atoms with van der Waals surface area (Å²) in [5.74, 6) is 1.63. The van der Waals surface area contributed by atoms with Crippen molar-refractivity contribution in [2.24, 2.45) is 10.7 Å². The van der Waals surface area contributed by atoms with Crippen LogP contribution in [0.5, 0.6) is 5.75 Å². The van der Waals surface area contributed by atoms with Gasteiger partial charge in [-0.3, -0.25) is 4.99 Å². The van der Waals surface area contributed by atoms with Crippen LogP contribution in [0.1, 0.15) is 24.9 Å². The van der Waals surface area contributed by atoms with Gasteiger partial charge in [0.2, 0.25) is 0 Å². The monoisotopic (exact) mass is 190 g/mol. The maximum atomic E-state index is 5.70. The molecular formula is C11H14N2O. The average Bonchev–Trinajstić information content (AvgIpc) is 2.62. The van der Waals surface area contributed by atoms with Crippen LogP contribution >= 0.6 is 0 Å². The van der Waals surface area contributed by atoms with Crippen LogP contribution in [0.15, 0.2) is 29.3 Å². The molecular weight excluding hydrogens is 176 g/mol. The number of rotatable bonds is 2. The average molecular weight is 190 g/mol. The van der Waals surface area contributed by atoms with Crippen LogP contribution in [-0.4, -0.2) is 12.4 Å². The second-order valence-corrected chi connectivity index (χ2v) is 3.34. The van der Waals surface area contributed by atoms with Crippen LogP contribution in [0.2, 0.25) is 0 Å². The second kappa shape index (κ2) is 3.70. The molecule has 1 aromatic carbocycles. The van der Waals surface area contributed by atoms with Crippen LogP contribution < -0.4 is 10.5 Å². The third-order valence-corrected chi connectivity index (χ3v) is 2.36. The second-order valence-electron chi connectivity index (χ2n) is 3.34. The van der Waals surface area contributed by atoms with E-state index in [1.165, 1.54) is 0 Å². The fourth-order valence-electron chi connectivity index (χ4n) is 1.54. The molecule has 1 atom stereocenters. The van der Waals surface area contributed by atoms with Gasteiger partial charge in [-0.25, -0.2) is 0 Å². The Hall–Kier alpha value is -1.51. The van der Waals surface area contributed by atoms with Crippen LogP contribution in [-0.2, 0) is 0 Å². The van der Waals surface area contributed by atoms with Gasteiger partial charge in [-0.15, -0.1) is 0 Å². The molecule has 1 aromatic rings. The third kappa shape index (κ3) is 1.58. The van der Waals surface area contributed by atoms with Crippen molar-refractivity contribution < 1.29 is 4.74 Å². The Morgan fingerprint density at radius 2 is 2.36 bits per heavy atom. The molecule has 0 saturated heterocycles. The standard InChI is InChI=1S/C11H14N2O/c1-2-11(12)13-9-7-14-10-6-4-3-5-8(9)10/h3-6,9H,2,7H2,1H3,(H2,12,13). The summed E-state index contributed by atoms with van der Waals surface area (Å²) in [5, 5.41) is 0. The van der Waals surface area contributed by atoms with Gasteiger partial charge in [0.25, 0.3) is 0 Å². The Kier molecular flexibility index (Phi) is 2.39. The van der Waals surface area contributed by atoms with Gasteiger partial charge >= 0.3 is 0 Å². The van der Waals surface area contributed by atoms with E-state index >= 15 is 0 Å². The highest BCUT2D eigenvalue weighted by Crippen LogP contribution is 2.34. The third-order valence-electron chi connectivity index (χ3n) is 2.36. The van der Waals surface area contributed by atoms with E-state index in [1.807, 2.05) is 31.2 Å². The number of aliphatic imine (C=N–C) groups is 1. The summed E-state index contributed by atoms with van der Waals surface area (Å²) in [6.07, 6.45) is 0.790. The molecule has 2 N–H and O–H groups in total. The van der Waals surface area contributed by atoms with E-state index < -0.39 is 0 Å². The molecule has 1 unspecified atom stereocenters. The molecule has 1 heterocycles. The van der Waals surface area contributed by atoms with Crippen molar-refractivity contribution in [1.29, 1.82) is 0 Å².